The van der Waals surface area contributed by atoms with Crippen LogP contribution in [0, 0.1) is 0 Å². The largest absolute Gasteiger partial charge is 0.483 e. The zero-order valence-corrected chi connectivity index (χ0v) is 27.3. The van der Waals surface area contributed by atoms with E-state index in [1.165, 1.54) is 0 Å². The lowest BCUT2D eigenvalue weighted by atomic mass is 9.99. The molecule has 4 nitrogen and oxygen atoms in total. The van der Waals surface area contributed by atoms with Crippen LogP contribution in [0.4, 0.5) is 0 Å². The lowest BCUT2D eigenvalue weighted by Crippen LogP contribution is -3.02. The number of quaternary nitrogens is 1. The smallest absolute Gasteiger partial charge is 0.128 e. The summed E-state index contributed by atoms with van der Waals surface area (Å²) in [7, 11) is 0. The van der Waals surface area contributed by atoms with E-state index in [4.69, 9.17) is 22.8 Å². The number of aromatic nitrogens is 1. The fraction of sp³-hybridized carbons (Fsp3) is 0. The van der Waals surface area contributed by atoms with E-state index < -0.39 is 0 Å². The second kappa shape index (κ2) is 12.2. The van der Waals surface area contributed by atoms with Gasteiger partial charge >= 0.3 is 0 Å². The number of fused-ring (bicyclic) bond motifs is 6. The van der Waals surface area contributed by atoms with E-state index >= 15 is 0 Å². The third kappa shape index (κ3) is 5.17. The molecule has 9 rings (SSSR count). The fourth-order valence-corrected chi connectivity index (χ4v) is 7.35. The molecule has 8 bridgehead atoms. The zero-order valence-electron chi connectivity index (χ0n) is 26.5. The highest BCUT2D eigenvalue weighted by Crippen LogP contribution is 2.35. The van der Waals surface area contributed by atoms with Gasteiger partial charge < -0.3 is 22.1 Å². The van der Waals surface area contributed by atoms with Crippen LogP contribution in [0.25, 0.3) is 22.3 Å². The molecular formula is C44H30N4S. The van der Waals surface area contributed by atoms with E-state index in [1.54, 1.807) is 0 Å². The maximum atomic E-state index is 6.39. The number of aliphatic imine (C=N–C) groups is 2. The minimum absolute atomic E-state index is 0.783. The normalized spacial score (nSPS) is 18.2. The molecule has 0 spiro atoms. The van der Waals surface area contributed by atoms with E-state index in [9.17, 15) is 0 Å². The molecule has 49 heavy (non-hydrogen) atoms. The van der Waals surface area contributed by atoms with Crippen molar-refractivity contribution in [2.24, 2.45) is 9.98 Å². The van der Waals surface area contributed by atoms with Gasteiger partial charge in [0.1, 0.15) is 11.4 Å². The Hall–Kier alpha value is -6.01. The number of allylic oxidation sites excluding steroid dienone is 8. The first-order valence-electron chi connectivity index (χ1n) is 16.4. The van der Waals surface area contributed by atoms with Gasteiger partial charge in [0, 0.05) is 34.0 Å². The Morgan fingerprint density at radius 2 is 0.755 bits per heavy atom. The van der Waals surface area contributed by atoms with Crippen LogP contribution in [0.2, 0.25) is 0 Å². The summed E-state index contributed by atoms with van der Waals surface area (Å²) in [5, 5.41) is 1.96. The van der Waals surface area contributed by atoms with Crippen molar-refractivity contribution in [3.63, 3.8) is 0 Å². The van der Waals surface area contributed by atoms with Crippen LogP contribution in [0.1, 0.15) is 22.3 Å². The Kier molecular flexibility index (Phi) is 7.27. The van der Waals surface area contributed by atoms with E-state index in [-0.39, 0.29) is 0 Å². The zero-order chi connectivity index (χ0) is 32.7. The van der Waals surface area contributed by atoms with Gasteiger partial charge in [-0.2, -0.15) is 0 Å². The van der Waals surface area contributed by atoms with Gasteiger partial charge in [-0.05, 0) is 58.7 Å². The van der Waals surface area contributed by atoms with Gasteiger partial charge in [-0.25, -0.2) is 9.98 Å². The molecule has 4 aliphatic heterocycles. The number of nitrogens with zero attached hydrogens (tertiary/aromatic N) is 2. The van der Waals surface area contributed by atoms with Crippen LogP contribution in [0.3, 0.4) is 0 Å². The molecule has 1 aromatic heterocycles. The summed E-state index contributed by atoms with van der Waals surface area (Å²) in [6.45, 7) is 0. The summed E-state index contributed by atoms with van der Waals surface area (Å²) in [5.41, 5.74) is 13.9. The molecule has 0 atom stereocenters. The first kappa shape index (κ1) is 29.2. The monoisotopic (exact) mass is 646 g/mol. The minimum atomic E-state index is 0.783. The van der Waals surface area contributed by atoms with Gasteiger partial charge in [0.25, 0.3) is 0 Å². The quantitative estimate of drug-likeness (QED) is 0.218. The van der Waals surface area contributed by atoms with Crippen molar-refractivity contribution in [2.45, 2.75) is 0 Å². The third-order valence-corrected chi connectivity index (χ3v) is 9.66. The van der Waals surface area contributed by atoms with Gasteiger partial charge in [0.2, 0.25) is 0 Å². The molecule has 0 unspecified atom stereocenters. The SMILES string of the molecule is [S-][NH+]1C2=CC=C1C(c1ccccc1)=C1C=CC(=N1)C(c1ccccc1)=c1ccc([nH]1)=C(c1ccccc1)C1=NC(=C2c2ccccc2)C=C1. The highest BCUT2D eigenvalue weighted by atomic mass is 32.1. The molecule has 4 aliphatic rings. The predicted octanol–water partition coefficient (Wildman–Crippen LogP) is 6.40. The Bertz CT molecular complexity index is 2330. The third-order valence-electron chi connectivity index (χ3n) is 9.22. The average Bonchev–Trinajstić information content (AvgIpc) is 3.98. The number of nitrogens with one attached hydrogen (secondary N) is 2. The number of H-pyrrole nitrogens is 1. The van der Waals surface area contributed by atoms with Crippen LogP contribution in [0.15, 0.2) is 203 Å². The highest BCUT2D eigenvalue weighted by molar-refractivity contribution is 7.51. The maximum Gasteiger partial charge on any atom is 0.128 e. The minimum Gasteiger partial charge on any atom is -0.483 e. The number of aromatic amines is 1. The van der Waals surface area contributed by atoms with Crippen LogP contribution in [0.5, 0.6) is 0 Å². The van der Waals surface area contributed by atoms with Crippen molar-refractivity contribution in [1.29, 1.82) is 0 Å². The molecule has 0 saturated heterocycles. The molecule has 5 aromatic rings. The Morgan fingerprint density at radius 1 is 0.408 bits per heavy atom. The lowest BCUT2D eigenvalue weighted by molar-refractivity contribution is -0.645. The van der Waals surface area contributed by atoms with E-state index in [0.29, 0.717) is 0 Å². The van der Waals surface area contributed by atoms with Gasteiger partial charge in [-0.3, -0.25) is 0 Å². The van der Waals surface area contributed by atoms with Crippen molar-refractivity contribution < 1.29 is 4.31 Å². The van der Waals surface area contributed by atoms with Gasteiger partial charge in [-0.15, -0.1) is 0 Å². The number of hydrogen-bond donors (Lipinski definition) is 2. The summed E-state index contributed by atoms with van der Waals surface area (Å²) in [4.78, 5) is 14.5. The predicted molar refractivity (Wildman–Crippen MR) is 202 cm³/mol. The molecule has 0 amide bonds. The van der Waals surface area contributed by atoms with Crippen LogP contribution in [-0.2, 0) is 12.8 Å². The molecule has 5 heteroatoms. The summed E-state index contributed by atoms with van der Waals surface area (Å²) in [6, 6.07) is 46.2. The van der Waals surface area contributed by atoms with E-state index in [0.717, 1.165) is 93.8 Å². The molecule has 2 N–H and O–H groups in total. The first-order chi connectivity index (χ1) is 24.2. The topological polar surface area (TPSA) is 45.0 Å². The van der Waals surface area contributed by atoms with Crippen molar-refractivity contribution >= 4 is 46.5 Å². The Labute approximate surface area is 290 Å². The van der Waals surface area contributed by atoms with E-state index in [2.05, 4.69) is 151 Å². The number of benzene rings is 4. The number of rotatable bonds is 4. The van der Waals surface area contributed by atoms with Crippen molar-refractivity contribution in [2.75, 3.05) is 0 Å². The Balaban J connectivity index is 1.40. The molecule has 232 valence electrons. The molecule has 4 aromatic carbocycles. The van der Waals surface area contributed by atoms with Gasteiger partial charge in [0.05, 0.1) is 34.0 Å². The molecule has 0 aliphatic carbocycles. The standard InChI is InChI=1S/C44H30N4S/c49-48-39-27-28-40(48)44(32-19-11-4-12-20-32)38-26-24-36(47-38)42(30-15-7-2-8-16-30)34-22-21-33(45-34)41(29-13-5-1-6-14-29)35-23-25-37(46-35)43(39)31-17-9-3-10-18-31/h1-28,45,48H. The number of hydrogen-bond acceptors (Lipinski definition) is 3. The van der Waals surface area contributed by atoms with Gasteiger partial charge in [0.15, 0.2) is 0 Å². The van der Waals surface area contributed by atoms with E-state index in [1.807, 2.05) is 24.3 Å². The molecule has 0 saturated carbocycles. The molecule has 0 radical (unpaired) electrons. The summed E-state index contributed by atoms with van der Waals surface area (Å²) in [6.07, 6.45) is 12.8. The second-order valence-electron chi connectivity index (χ2n) is 12.2. The van der Waals surface area contributed by atoms with Crippen molar-refractivity contribution in [1.82, 2.24) is 4.98 Å². The van der Waals surface area contributed by atoms with Crippen LogP contribution < -0.4 is 15.0 Å². The first-order valence-corrected chi connectivity index (χ1v) is 16.8. The summed E-state index contributed by atoms with van der Waals surface area (Å²) in [5.74, 6) is 0. The molecule has 5 heterocycles. The summed E-state index contributed by atoms with van der Waals surface area (Å²) < 4.78 is 0.783. The Morgan fingerprint density at radius 3 is 1.12 bits per heavy atom. The lowest BCUT2D eigenvalue weighted by Gasteiger charge is -2.28. The summed E-state index contributed by atoms with van der Waals surface area (Å²) >= 11 is 6.39. The van der Waals surface area contributed by atoms with Crippen LogP contribution >= 0.6 is 0 Å². The van der Waals surface area contributed by atoms with Crippen molar-refractivity contribution in [3.8, 4) is 0 Å². The van der Waals surface area contributed by atoms with Gasteiger partial charge in [-0.1, -0.05) is 121 Å². The maximum absolute atomic E-state index is 6.39. The average molecular weight is 647 g/mol. The highest BCUT2D eigenvalue weighted by Gasteiger charge is 2.30. The fourth-order valence-electron chi connectivity index (χ4n) is 7.01. The molecule has 0 fully saturated rings. The van der Waals surface area contributed by atoms with Crippen LogP contribution in [-0.4, -0.2) is 16.4 Å². The van der Waals surface area contributed by atoms with Crippen molar-refractivity contribution in [3.05, 3.63) is 226 Å². The molecular weight excluding hydrogens is 617 g/mol. The second-order valence-corrected chi connectivity index (χ2v) is 12.6.